The van der Waals surface area contributed by atoms with Crippen LogP contribution < -0.4 is 11.3 Å². The van der Waals surface area contributed by atoms with Gasteiger partial charge in [-0.3, -0.25) is 4.99 Å². The maximum absolute atomic E-state index is 5.59. The van der Waals surface area contributed by atoms with Gasteiger partial charge in [0, 0.05) is 20.1 Å². The van der Waals surface area contributed by atoms with E-state index in [0.717, 1.165) is 25.3 Å². The molecule has 1 unspecified atom stereocenters. The summed E-state index contributed by atoms with van der Waals surface area (Å²) in [6, 6.07) is 0. The predicted octanol–water partition coefficient (Wildman–Crippen LogP) is 0.827. The highest BCUT2D eigenvalue weighted by Gasteiger charge is 2.13. The summed E-state index contributed by atoms with van der Waals surface area (Å²) in [7, 11) is 1.75. The van der Waals surface area contributed by atoms with E-state index in [9.17, 15) is 0 Å². The van der Waals surface area contributed by atoms with Gasteiger partial charge < -0.3 is 10.2 Å². The van der Waals surface area contributed by atoms with Gasteiger partial charge in [0.2, 0.25) is 0 Å². The third-order valence-corrected chi connectivity index (χ3v) is 2.41. The lowest BCUT2D eigenvalue weighted by molar-refractivity contribution is 0.0124. The van der Waals surface area contributed by atoms with Crippen LogP contribution in [0.3, 0.4) is 0 Å². The van der Waals surface area contributed by atoms with Crippen LogP contribution in [0, 0.1) is 0 Å². The van der Waals surface area contributed by atoms with E-state index in [2.05, 4.69) is 10.4 Å². The molecule has 4 nitrogen and oxygen atoms in total. The molecular weight excluding hydrogens is 166 g/mol. The molecule has 1 rings (SSSR count). The number of hydrogen-bond acceptors (Lipinski definition) is 3. The molecule has 0 aromatic rings. The van der Waals surface area contributed by atoms with Gasteiger partial charge in [-0.05, 0) is 25.7 Å². The molecule has 13 heavy (non-hydrogen) atoms. The van der Waals surface area contributed by atoms with Gasteiger partial charge in [0.25, 0.3) is 0 Å². The zero-order valence-corrected chi connectivity index (χ0v) is 8.25. The smallest absolute Gasteiger partial charge is 0.110 e. The van der Waals surface area contributed by atoms with E-state index in [1.165, 1.54) is 19.3 Å². The Morgan fingerprint density at radius 2 is 2.46 bits per heavy atom. The van der Waals surface area contributed by atoms with Crippen LogP contribution in [0.5, 0.6) is 0 Å². The normalized spacial score (nSPS) is 24.5. The van der Waals surface area contributed by atoms with Crippen molar-refractivity contribution in [2.45, 2.75) is 38.2 Å². The molecule has 0 aliphatic carbocycles. The van der Waals surface area contributed by atoms with E-state index in [4.69, 9.17) is 10.6 Å². The number of nitrogens with zero attached hydrogens (tertiary/aromatic N) is 1. The summed E-state index contributed by atoms with van der Waals surface area (Å²) in [4.78, 5) is 4.02. The standard InChI is InChI=1S/C9H19N3O/c1-11-9(12-10)6-5-8-4-2-3-7-13-8/h8H,2-7,10H2,1H3,(H,11,12). The van der Waals surface area contributed by atoms with Crippen molar-refractivity contribution in [3.05, 3.63) is 0 Å². The monoisotopic (exact) mass is 185 g/mol. The average Bonchev–Trinajstić information content (AvgIpc) is 2.21. The van der Waals surface area contributed by atoms with E-state index in [0.29, 0.717) is 6.10 Å². The molecule has 1 atom stereocenters. The van der Waals surface area contributed by atoms with Crippen LogP contribution in [0.15, 0.2) is 4.99 Å². The number of aliphatic imine (C=N–C) groups is 1. The first kappa shape index (κ1) is 10.5. The molecule has 4 heteroatoms. The number of ether oxygens (including phenoxy) is 1. The highest BCUT2D eigenvalue weighted by molar-refractivity contribution is 5.81. The molecule has 1 fully saturated rings. The second-order valence-corrected chi connectivity index (χ2v) is 3.34. The molecule has 1 aliphatic heterocycles. The highest BCUT2D eigenvalue weighted by atomic mass is 16.5. The Morgan fingerprint density at radius 3 is 3.00 bits per heavy atom. The van der Waals surface area contributed by atoms with Crippen LogP contribution in [-0.2, 0) is 4.74 Å². The van der Waals surface area contributed by atoms with Crippen LogP contribution in [0.4, 0.5) is 0 Å². The topological polar surface area (TPSA) is 59.6 Å². The third kappa shape index (κ3) is 3.74. The zero-order valence-electron chi connectivity index (χ0n) is 8.25. The number of nitrogens with two attached hydrogens (primary N) is 1. The van der Waals surface area contributed by atoms with Crippen LogP contribution >= 0.6 is 0 Å². The fraction of sp³-hybridized carbons (Fsp3) is 0.889. The fourth-order valence-electron chi connectivity index (χ4n) is 1.58. The Morgan fingerprint density at radius 1 is 1.62 bits per heavy atom. The molecule has 1 saturated heterocycles. The number of hydrogen-bond donors (Lipinski definition) is 2. The van der Waals surface area contributed by atoms with E-state index < -0.39 is 0 Å². The summed E-state index contributed by atoms with van der Waals surface area (Å²) in [5.74, 6) is 6.13. The lowest BCUT2D eigenvalue weighted by atomic mass is 10.0. The van der Waals surface area contributed by atoms with E-state index >= 15 is 0 Å². The molecule has 76 valence electrons. The molecule has 0 radical (unpaired) electrons. The van der Waals surface area contributed by atoms with Crippen LogP contribution in [-0.4, -0.2) is 25.6 Å². The minimum absolute atomic E-state index is 0.416. The third-order valence-electron chi connectivity index (χ3n) is 2.41. The van der Waals surface area contributed by atoms with E-state index in [-0.39, 0.29) is 0 Å². The summed E-state index contributed by atoms with van der Waals surface area (Å²) in [5.41, 5.74) is 2.59. The number of amidine groups is 1. The van der Waals surface area contributed by atoms with Crippen LogP contribution in [0.25, 0.3) is 0 Å². The Bertz CT molecular complexity index is 164. The van der Waals surface area contributed by atoms with Gasteiger partial charge in [0.15, 0.2) is 0 Å². The van der Waals surface area contributed by atoms with Crippen molar-refractivity contribution in [1.82, 2.24) is 5.43 Å². The van der Waals surface area contributed by atoms with Gasteiger partial charge in [0.05, 0.1) is 6.10 Å². The van der Waals surface area contributed by atoms with Crippen molar-refractivity contribution < 1.29 is 4.74 Å². The van der Waals surface area contributed by atoms with Gasteiger partial charge in [-0.2, -0.15) is 0 Å². The minimum Gasteiger partial charge on any atom is -0.378 e. The Hall–Kier alpha value is -0.610. The summed E-state index contributed by atoms with van der Waals surface area (Å²) >= 11 is 0. The number of rotatable bonds is 3. The highest BCUT2D eigenvalue weighted by Crippen LogP contribution is 2.16. The lowest BCUT2D eigenvalue weighted by Gasteiger charge is -2.22. The predicted molar refractivity (Wildman–Crippen MR) is 53.5 cm³/mol. The SMILES string of the molecule is CN=C(CCC1CCCCO1)NN. The molecule has 0 amide bonds. The van der Waals surface area contributed by atoms with Crippen molar-refractivity contribution in [2.75, 3.05) is 13.7 Å². The van der Waals surface area contributed by atoms with Gasteiger partial charge in [0.1, 0.15) is 5.84 Å². The molecular formula is C9H19N3O. The summed E-state index contributed by atoms with van der Waals surface area (Å²) in [5, 5.41) is 0. The Balaban J connectivity index is 2.16. The van der Waals surface area contributed by atoms with Crippen molar-refractivity contribution in [3.63, 3.8) is 0 Å². The first-order valence-electron chi connectivity index (χ1n) is 4.90. The maximum atomic E-state index is 5.59. The van der Waals surface area contributed by atoms with Gasteiger partial charge in [-0.25, -0.2) is 5.84 Å². The molecule has 0 bridgehead atoms. The number of hydrazine groups is 1. The van der Waals surface area contributed by atoms with Crippen molar-refractivity contribution >= 4 is 5.84 Å². The summed E-state index contributed by atoms with van der Waals surface area (Å²) in [6.45, 7) is 0.916. The Labute approximate surface area is 79.5 Å². The van der Waals surface area contributed by atoms with E-state index in [1.54, 1.807) is 7.05 Å². The fourth-order valence-corrected chi connectivity index (χ4v) is 1.58. The van der Waals surface area contributed by atoms with Crippen LogP contribution in [0.2, 0.25) is 0 Å². The van der Waals surface area contributed by atoms with Crippen molar-refractivity contribution in [1.29, 1.82) is 0 Å². The minimum atomic E-state index is 0.416. The quantitative estimate of drug-likeness (QED) is 0.296. The molecule has 0 saturated carbocycles. The van der Waals surface area contributed by atoms with Crippen LogP contribution in [0.1, 0.15) is 32.1 Å². The lowest BCUT2D eigenvalue weighted by Crippen LogP contribution is -2.31. The van der Waals surface area contributed by atoms with Crippen molar-refractivity contribution in [2.24, 2.45) is 10.8 Å². The Kier molecular flexibility index (Phi) is 4.78. The first-order valence-corrected chi connectivity index (χ1v) is 4.90. The summed E-state index contributed by atoms with van der Waals surface area (Å²) < 4.78 is 5.59. The van der Waals surface area contributed by atoms with Gasteiger partial charge in [-0.15, -0.1) is 0 Å². The van der Waals surface area contributed by atoms with Gasteiger partial charge in [-0.1, -0.05) is 0 Å². The molecule has 0 spiro atoms. The average molecular weight is 185 g/mol. The van der Waals surface area contributed by atoms with Gasteiger partial charge >= 0.3 is 0 Å². The molecule has 0 aromatic carbocycles. The molecule has 1 aliphatic rings. The van der Waals surface area contributed by atoms with Crippen molar-refractivity contribution in [3.8, 4) is 0 Å². The summed E-state index contributed by atoms with van der Waals surface area (Å²) in [6.07, 6.45) is 6.01. The number of nitrogens with one attached hydrogen (secondary N) is 1. The molecule has 0 aromatic heterocycles. The largest absolute Gasteiger partial charge is 0.378 e. The molecule has 1 heterocycles. The second-order valence-electron chi connectivity index (χ2n) is 3.34. The zero-order chi connectivity index (χ0) is 9.52. The first-order chi connectivity index (χ1) is 6.36. The van der Waals surface area contributed by atoms with E-state index in [1.807, 2.05) is 0 Å². The maximum Gasteiger partial charge on any atom is 0.110 e. The second kappa shape index (κ2) is 5.94. The molecule has 3 N–H and O–H groups in total.